The first-order valence-corrected chi connectivity index (χ1v) is 10.8. The van der Waals surface area contributed by atoms with Crippen molar-refractivity contribution in [1.82, 2.24) is 4.90 Å². The molecule has 1 heterocycles. The topological polar surface area (TPSA) is 32.7 Å². The van der Waals surface area contributed by atoms with E-state index in [2.05, 4.69) is 17.0 Å². The second kappa shape index (κ2) is 9.03. The van der Waals surface area contributed by atoms with Gasteiger partial charge in [0.2, 0.25) is 0 Å². The Morgan fingerprint density at radius 2 is 2.00 bits per heavy atom. The van der Waals surface area contributed by atoms with Crippen LogP contribution in [-0.4, -0.2) is 41.9 Å². The van der Waals surface area contributed by atoms with Gasteiger partial charge in [0, 0.05) is 36.1 Å². The molecule has 0 spiro atoms. The molecule has 4 unspecified atom stereocenters. The molecular weight excluding hydrogens is 401 g/mol. The standard InChI is InChI=1S/C25H27ClFNO2/c1-18(29)25(13-6-5-10-20(25)24-21(26)11-7-12-22(24)27)23-17-28(14-15-30-23)16-19-8-3-2-4-9-19/h2-13,18,20,23,29H,14-17H2,1H3. The molecule has 0 saturated carbocycles. The Morgan fingerprint density at radius 3 is 2.73 bits per heavy atom. The lowest BCUT2D eigenvalue weighted by Gasteiger charge is -2.49. The van der Waals surface area contributed by atoms with Gasteiger partial charge in [-0.25, -0.2) is 4.39 Å². The number of allylic oxidation sites excluding steroid dienone is 3. The highest BCUT2D eigenvalue weighted by molar-refractivity contribution is 6.31. The number of ether oxygens (including phenoxy) is 1. The van der Waals surface area contributed by atoms with E-state index in [-0.39, 0.29) is 11.9 Å². The third-order valence-electron chi connectivity index (χ3n) is 6.33. The summed E-state index contributed by atoms with van der Waals surface area (Å²) in [6, 6.07) is 15.0. The third kappa shape index (κ3) is 3.97. The first-order valence-electron chi connectivity index (χ1n) is 10.4. The zero-order chi connectivity index (χ0) is 21.1. The van der Waals surface area contributed by atoms with E-state index < -0.39 is 17.4 Å². The van der Waals surface area contributed by atoms with Crippen LogP contribution in [0.4, 0.5) is 4.39 Å². The fraction of sp³-hybridized carbons (Fsp3) is 0.360. The second-order valence-corrected chi connectivity index (χ2v) is 8.52. The van der Waals surface area contributed by atoms with Crippen LogP contribution in [0.1, 0.15) is 24.0 Å². The summed E-state index contributed by atoms with van der Waals surface area (Å²) < 4.78 is 21.1. The number of benzene rings is 2. The van der Waals surface area contributed by atoms with Gasteiger partial charge in [-0.05, 0) is 24.6 Å². The van der Waals surface area contributed by atoms with Crippen LogP contribution in [0.15, 0.2) is 72.8 Å². The lowest BCUT2D eigenvalue weighted by atomic mass is 9.62. The number of aliphatic hydroxyl groups excluding tert-OH is 1. The molecule has 1 fully saturated rings. The van der Waals surface area contributed by atoms with Crippen LogP contribution in [0.3, 0.4) is 0 Å². The van der Waals surface area contributed by atoms with Crippen molar-refractivity contribution in [2.24, 2.45) is 5.41 Å². The van der Waals surface area contributed by atoms with Crippen LogP contribution < -0.4 is 0 Å². The van der Waals surface area contributed by atoms with E-state index in [4.69, 9.17) is 16.3 Å². The summed E-state index contributed by atoms with van der Waals surface area (Å²) in [5.74, 6) is -0.799. The zero-order valence-corrected chi connectivity index (χ0v) is 17.8. The second-order valence-electron chi connectivity index (χ2n) is 8.11. The molecule has 4 rings (SSSR count). The molecule has 4 atom stereocenters. The van der Waals surface area contributed by atoms with E-state index in [0.29, 0.717) is 23.7 Å². The summed E-state index contributed by atoms with van der Waals surface area (Å²) >= 11 is 6.44. The van der Waals surface area contributed by atoms with Crippen molar-refractivity contribution in [3.63, 3.8) is 0 Å². The number of rotatable bonds is 5. The Labute approximate surface area is 182 Å². The molecule has 1 aliphatic carbocycles. The Bertz CT molecular complexity index is 910. The summed E-state index contributed by atoms with van der Waals surface area (Å²) in [6.45, 7) is 4.57. The summed E-state index contributed by atoms with van der Waals surface area (Å²) in [5.41, 5.74) is 0.817. The summed E-state index contributed by atoms with van der Waals surface area (Å²) in [7, 11) is 0. The lowest BCUT2D eigenvalue weighted by molar-refractivity contribution is -0.121. The molecule has 0 radical (unpaired) electrons. The van der Waals surface area contributed by atoms with Crippen molar-refractivity contribution in [1.29, 1.82) is 0 Å². The molecule has 1 aliphatic heterocycles. The van der Waals surface area contributed by atoms with E-state index in [1.165, 1.54) is 11.6 Å². The van der Waals surface area contributed by atoms with Crippen molar-refractivity contribution in [2.45, 2.75) is 31.6 Å². The highest BCUT2D eigenvalue weighted by atomic mass is 35.5. The zero-order valence-electron chi connectivity index (χ0n) is 17.0. The highest BCUT2D eigenvalue weighted by Gasteiger charge is 2.51. The van der Waals surface area contributed by atoms with E-state index >= 15 is 0 Å². The Morgan fingerprint density at radius 1 is 1.20 bits per heavy atom. The normalized spacial score (nSPS) is 27.9. The number of hydrogen-bond donors (Lipinski definition) is 1. The minimum atomic E-state index is -0.823. The minimum absolute atomic E-state index is 0.308. The highest BCUT2D eigenvalue weighted by Crippen LogP contribution is 2.50. The number of halogens is 2. The van der Waals surface area contributed by atoms with Gasteiger partial charge in [0.1, 0.15) is 5.82 Å². The van der Waals surface area contributed by atoms with Gasteiger partial charge in [0.05, 0.1) is 24.2 Å². The number of morpholine rings is 1. The van der Waals surface area contributed by atoms with Gasteiger partial charge in [-0.1, -0.05) is 72.3 Å². The summed E-state index contributed by atoms with van der Waals surface area (Å²) in [4.78, 5) is 2.33. The maximum absolute atomic E-state index is 14.9. The van der Waals surface area contributed by atoms with E-state index in [9.17, 15) is 9.50 Å². The van der Waals surface area contributed by atoms with Gasteiger partial charge >= 0.3 is 0 Å². The molecule has 2 aromatic carbocycles. The summed E-state index contributed by atoms with van der Waals surface area (Å²) in [6.07, 6.45) is 6.63. The molecule has 0 amide bonds. The predicted molar refractivity (Wildman–Crippen MR) is 118 cm³/mol. The van der Waals surface area contributed by atoms with Crippen molar-refractivity contribution in [3.8, 4) is 0 Å². The van der Waals surface area contributed by atoms with Crippen LogP contribution in [0.25, 0.3) is 0 Å². The molecule has 1 saturated heterocycles. The van der Waals surface area contributed by atoms with Crippen LogP contribution >= 0.6 is 11.6 Å². The van der Waals surface area contributed by atoms with Gasteiger partial charge in [-0.2, -0.15) is 0 Å². The van der Waals surface area contributed by atoms with Crippen LogP contribution in [0, 0.1) is 11.2 Å². The van der Waals surface area contributed by atoms with Crippen molar-refractivity contribution >= 4 is 11.6 Å². The quantitative estimate of drug-likeness (QED) is 0.732. The molecule has 2 aliphatic rings. The predicted octanol–water partition coefficient (Wildman–Crippen LogP) is 4.96. The lowest BCUT2D eigenvalue weighted by Crippen LogP contribution is -2.56. The van der Waals surface area contributed by atoms with Gasteiger partial charge < -0.3 is 9.84 Å². The van der Waals surface area contributed by atoms with Gasteiger partial charge in [0.15, 0.2) is 0 Å². The van der Waals surface area contributed by atoms with Crippen LogP contribution in [0.2, 0.25) is 5.02 Å². The largest absolute Gasteiger partial charge is 0.392 e. The monoisotopic (exact) mass is 427 g/mol. The Balaban J connectivity index is 1.68. The van der Waals surface area contributed by atoms with Crippen LogP contribution in [0.5, 0.6) is 0 Å². The van der Waals surface area contributed by atoms with E-state index in [1.807, 2.05) is 42.5 Å². The molecule has 3 nitrogen and oxygen atoms in total. The SMILES string of the molecule is CC(O)C1(C2CN(Cc3ccccc3)CCO2)C=CC=CC1c1c(F)cccc1Cl. The number of nitrogens with zero attached hydrogens (tertiary/aromatic N) is 1. The maximum atomic E-state index is 14.9. The first kappa shape index (κ1) is 21.3. The molecule has 30 heavy (non-hydrogen) atoms. The molecule has 0 aromatic heterocycles. The first-order chi connectivity index (χ1) is 14.5. The molecule has 5 heteroatoms. The smallest absolute Gasteiger partial charge is 0.128 e. The fourth-order valence-corrected chi connectivity index (χ4v) is 5.07. The molecule has 0 bridgehead atoms. The van der Waals surface area contributed by atoms with Gasteiger partial charge in [-0.15, -0.1) is 0 Å². The summed E-state index contributed by atoms with van der Waals surface area (Å²) in [5, 5.41) is 11.4. The maximum Gasteiger partial charge on any atom is 0.128 e. The minimum Gasteiger partial charge on any atom is -0.392 e. The Kier molecular flexibility index (Phi) is 6.40. The van der Waals surface area contributed by atoms with Crippen molar-refractivity contribution < 1.29 is 14.2 Å². The average molecular weight is 428 g/mol. The van der Waals surface area contributed by atoms with E-state index in [1.54, 1.807) is 19.1 Å². The third-order valence-corrected chi connectivity index (χ3v) is 6.66. The Hall–Kier alpha value is -1.98. The van der Waals surface area contributed by atoms with Gasteiger partial charge in [-0.3, -0.25) is 4.90 Å². The number of aliphatic hydroxyl groups is 1. The molecule has 158 valence electrons. The molecular formula is C25H27ClFNO2. The van der Waals surface area contributed by atoms with Crippen LogP contribution in [-0.2, 0) is 11.3 Å². The van der Waals surface area contributed by atoms with Gasteiger partial charge in [0.25, 0.3) is 0 Å². The van der Waals surface area contributed by atoms with Crippen molar-refractivity contribution in [2.75, 3.05) is 19.7 Å². The van der Waals surface area contributed by atoms with Crippen molar-refractivity contribution in [3.05, 3.63) is 94.8 Å². The number of hydrogen-bond acceptors (Lipinski definition) is 3. The fourth-order valence-electron chi connectivity index (χ4n) is 4.79. The molecule has 2 aromatic rings. The average Bonchev–Trinajstić information content (AvgIpc) is 2.75. The molecule has 1 N–H and O–H groups in total. The van der Waals surface area contributed by atoms with E-state index in [0.717, 1.165) is 13.1 Å².